The first-order chi connectivity index (χ1) is 16.1. The highest BCUT2D eigenvalue weighted by Crippen LogP contribution is 2.33. The van der Waals surface area contributed by atoms with Crippen LogP contribution in [0.4, 0.5) is 11.4 Å². The molecular weight excluding hydrogens is 454 g/mol. The Kier molecular flexibility index (Phi) is 8.30. The topological polar surface area (TPSA) is 88.2 Å². The lowest BCUT2D eigenvalue weighted by Crippen LogP contribution is -2.41. The molecule has 0 saturated carbocycles. The van der Waals surface area contributed by atoms with Crippen LogP contribution in [0.2, 0.25) is 0 Å². The zero-order valence-corrected chi connectivity index (χ0v) is 21.4. The normalized spacial score (nSPS) is 17.1. The number of nitrogens with one attached hydrogen (secondary N) is 1. The second kappa shape index (κ2) is 11.0. The van der Waals surface area contributed by atoms with Gasteiger partial charge in [-0.05, 0) is 55.5 Å². The molecule has 34 heavy (non-hydrogen) atoms. The van der Waals surface area contributed by atoms with Gasteiger partial charge in [0.25, 0.3) is 0 Å². The average molecular weight is 490 g/mol. The van der Waals surface area contributed by atoms with Crippen LogP contribution in [-0.2, 0) is 14.8 Å². The smallest absolute Gasteiger partial charge is 0.241 e. The summed E-state index contributed by atoms with van der Waals surface area (Å²) in [5, 5.41) is 2.91. The van der Waals surface area contributed by atoms with Crippen molar-refractivity contribution in [3.8, 4) is 11.5 Å². The Hall–Kier alpha value is -2.94. The molecular formula is C25H35N3O5S. The summed E-state index contributed by atoms with van der Waals surface area (Å²) < 4.78 is 36.7. The van der Waals surface area contributed by atoms with Crippen LogP contribution in [-0.4, -0.2) is 54.4 Å². The van der Waals surface area contributed by atoms with E-state index in [0.29, 0.717) is 17.4 Å². The van der Waals surface area contributed by atoms with E-state index in [2.05, 4.69) is 29.3 Å². The molecule has 1 fully saturated rings. The summed E-state index contributed by atoms with van der Waals surface area (Å²) >= 11 is 0. The minimum Gasteiger partial charge on any atom is -0.497 e. The molecule has 2 aromatic carbocycles. The van der Waals surface area contributed by atoms with E-state index in [1.54, 1.807) is 12.1 Å². The van der Waals surface area contributed by atoms with Crippen LogP contribution in [0.25, 0.3) is 0 Å². The quantitative estimate of drug-likeness (QED) is 0.579. The van der Waals surface area contributed by atoms with E-state index in [9.17, 15) is 13.2 Å². The van der Waals surface area contributed by atoms with Gasteiger partial charge in [-0.25, -0.2) is 8.42 Å². The fourth-order valence-electron chi connectivity index (χ4n) is 4.27. The zero-order valence-electron chi connectivity index (χ0n) is 20.6. The first kappa shape index (κ1) is 25.7. The van der Waals surface area contributed by atoms with Crippen molar-refractivity contribution in [1.82, 2.24) is 5.32 Å². The molecule has 3 rings (SSSR count). The molecule has 0 aromatic heterocycles. The van der Waals surface area contributed by atoms with Crippen LogP contribution >= 0.6 is 0 Å². The standard InChI is InChI=1S/C25H35N3O5S/c1-18-7-6-14-27(16-18)21-10-8-20(9-11-21)19(2)26-25(29)17-28(34(5,30)31)23-15-22(32-3)12-13-24(23)33-4/h8-13,15,18-19H,6-7,14,16-17H2,1-5H3,(H,26,29). The number of piperidine rings is 1. The van der Waals surface area contributed by atoms with Crippen molar-refractivity contribution in [1.29, 1.82) is 0 Å². The first-order valence-electron chi connectivity index (χ1n) is 11.5. The van der Waals surface area contributed by atoms with Crippen molar-refractivity contribution in [2.24, 2.45) is 5.92 Å². The lowest BCUT2D eigenvalue weighted by atomic mass is 9.99. The molecule has 186 valence electrons. The summed E-state index contributed by atoms with van der Waals surface area (Å²) in [6.45, 7) is 5.90. The third kappa shape index (κ3) is 6.34. The molecule has 8 nitrogen and oxygen atoms in total. The van der Waals surface area contributed by atoms with Crippen molar-refractivity contribution in [2.75, 3.05) is 49.3 Å². The van der Waals surface area contributed by atoms with Crippen LogP contribution in [0.1, 0.15) is 38.3 Å². The van der Waals surface area contributed by atoms with Gasteiger partial charge < -0.3 is 19.7 Å². The molecule has 1 N–H and O–H groups in total. The van der Waals surface area contributed by atoms with E-state index in [4.69, 9.17) is 9.47 Å². The van der Waals surface area contributed by atoms with E-state index < -0.39 is 15.9 Å². The number of methoxy groups -OCH3 is 2. The van der Waals surface area contributed by atoms with E-state index in [-0.39, 0.29) is 18.3 Å². The Labute approximate surface area is 202 Å². The number of nitrogens with zero attached hydrogens (tertiary/aromatic N) is 2. The van der Waals surface area contributed by atoms with Gasteiger partial charge in [0.2, 0.25) is 15.9 Å². The third-order valence-corrected chi connectivity index (χ3v) is 7.26. The molecule has 0 radical (unpaired) electrons. The van der Waals surface area contributed by atoms with Crippen LogP contribution < -0.4 is 24.0 Å². The van der Waals surface area contributed by atoms with Crippen LogP contribution in [0.5, 0.6) is 11.5 Å². The summed E-state index contributed by atoms with van der Waals surface area (Å²) in [5.74, 6) is 1.06. The van der Waals surface area contributed by atoms with Gasteiger partial charge in [-0.3, -0.25) is 9.10 Å². The predicted molar refractivity (Wildman–Crippen MR) is 135 cm³/mol. The molecule has 1 amide bonds. The number of amides is 1. The lowest BCUT2D eigenvalue weighted by molar-refractivity contribution is -0.120. The SMILES string of the molecule is COc1ccc(OC)c(N(CC(=O)NC(C)c2ccc(N3CCCC(C)C3)cc2)S(C)(=O)=O)c1. The summed E-state index contributed by atoms with van der Waals surface area (Å²) in [6, 6.07) is 12.7. The molecule has 2 aromatic rings. The van der Waals surface area contributed by atoms with Gasteiger partial charge in [-0.2, -0.15) is 0 Å². The highest BCUT2D eigenvalue weighted by molar-refractivity contribution is 7.92. The van der Waals surface area contributed by atoms with Crippen molar-refractivity contribution in [2.45, 2.75) is 32.7 Å². The minimum absolute atomic E-state index is 0.243. The Morgan fingerprint density at radius 2 is 1.88 bits per heavy atom. The van der Waals surface area contributed by atoms with Crippen molar-refractivity contribution in [3.63, 3.8) is 0 Å². The van der Waals surface area contributed by atoms with Crippen LogP contribution in [0.3, 0.4) is 0 Å². The minimum atomic E-state index is -3.76. The number of anilines is 2. The number of hydrogen-bond acceptors (Lipinski definition) is 6. The maximum absolute atomic E-state index is 12.9. The molecule has 0 spiro atoms. The second-order valence-corrected chi connectivity index (χ2v) is 10.8. The van der Waals surface area contributed by atoms with E-state index in [1.807, 2.05) is 19.1 Å². The number of carbonyl (C=O) groups excluding carboxylic acids is 1. The van der Waals surface area contributed by atoms with Gasteiger partial charge in [0, 0.05) is 24.8 Å². The third-order valence-electron chi connectivity index (χ3n) is 6.14. The van der Waals surface area contributed by atoms with Gasteiger partial charge >= 0.3 is 0 Å². The monoisotopic (exact) mass is 489 g/mol. The first-order valence-corrected chi connectivity index (χ1v) is 13.3. The fraction of sp³-hybridized carbons (Fsp3) is 0.480. The summed E-state index contributed by atoms with van der Waals surface area (Å²) in [4.78, 5) is 15.3. The molecule has 1 aliphatic rings. The average Bonchev–Trinajstić information content (AvgIpc) is 2.81. The Morgan fingerprint density at radius 3 is 2.47 bits per heavy atom. The molecule has 1 aliphatic heterocycles. The van der Waals surface area contributed by atoms with Crippen LogP contribution in [0, 0.1) is 5.92 Å². The predicted octanol–water partition coefficient (Wildman–Crippen LogP) is 3.58. The number of ether oxygens (including phenoxy) is 2. The van der Waals surface area contributed by atoms with Crippen molar-refractivity contribution in [3.05, 3.63) is 48.0 Å². The Bertz CT molecular complexity index is 1090. The fourth-order valence-corrected chi connectivity index (χ4v) is 5.12. The maximum atomic E-state index is 12.9. The summed E-state index contributed by atoms with van der Waals surface area (Å²) in [7, 11) is -0.828. The van der Waals surface area contributed by atoms with Gasteiger partial charge in [0.15, 0.2) is 0 Å². The Balaban J connectivity index is 1.71. The molecule has 0 bridgehead atoms. The van der Waals surface area contributed by atoms with Gasteiger partial charge in [-0.1, -0.05) is 19.1 Å². The number of sulfonamides is 1. The van der Waals surface area contributed by atoms with E-state index >= 15 is 0 Å². The Morgan fingerprint density at radius 1 is 1.18 bits per heavy atom. The molecule has 2 unspecified atom stereocenters. The second-order valence-electron chi connectivity index (χ2n) is 8.88. The van der Waals surface area contributed by atoms with E-state index in [1.165, 1.54) is 38.8 Å². The number of benzene rings is 2. The van der Waals surface area contributed by atoms with Crippen molar-refractivity contribution < 1.29 is 22.7 Å². The van der Waals surface area contributed by atoms with Crippen LogP contribution in [0.15, 0.2) is 42.5 Å². The number of rotatable bonds is 9. The highest BCUT2D eigenvalue weighted by atomic mass is 32.2. The highest BCUT2D eigenvalue weighted by Gasteiger charge is 2.25. The number of hydrogen-bond donors (Lipinski definition) is 1. The molecule has 0 aliphatic carbocycles. The zero-order chi connectivity index (χ0) is 24.9. The van der Waals surface area contributed by atoms with E-state index in [0.717, 1.165) is 29.2 Å². The molecule has 9 heteroatoms. The molecule has 2 atom stereocenters. The molecule has 1 saturated heterocycles. The summed E-state index contributed by atoms with van der Waals surface area (Å²) in [6.07, 6.45) is 3.52. The largest absolute Gasteiger partial charge is 0.497 e. The maximum Gasteiger partial charge on any atom is 0.241 e. The lowest BCUT2D eigenvalue weighted by Gasteiger charge is -2.33. The van der Waals surface area contributed by atoms with Gasteiger partial charge in [0.1, 0.15) is 18.0 Å². The number of carbonyl (C=O) groups is 1. The molecule has 1 heterocycles. The van der Waals surface area contributed by atoms with Gasteiger partial charge in [0.05, 0.1) is 32.2 Å². The van der Waals surface area contributed by atoms with Gasteiger partial charge in [-0.15, -0.1) is 0 Å². The summed E-state index contributed by atoms with van der Waals surface area (Å²) in [5.41, 5.74) is 2.38. The van der Waals surface area contributed by atoms with Crippen molar-refractivity contribution >= 4 is 27.3 Å².